The molecule has 2 heterocycles. The van der Waals surface area contributed by atoms with Gasteiger partial charge in [0.15, 0.2) is 9.84 Å². The average molecular weight is 488 g/mol. The van der Waals surface area contributed by atoms with Crippen LogP contribution in [0.4, 0.5) is 4.39 Å². The number of Topliss-reactive ketones (excluding diaryl/α,β-unsaturated/α-hetero) is 1. The molecule has 180 valence electrons. The summed E-state index contributed by atoms with van der Waals surface area (Å²) in [5.74, 6) is -2.30. The summed E-state index contributed by atoms with van der Waals surface area (Å²) in [5, 5.41) is 11.1. The number of amides is 1. The van der Waals surface area contributed by atoms with E-state index in [-0.39, 0.29) is 34.6 Å². The van der Waals surface area contributed by atoms with Crippen LogP contribution in [-0.2, 0) is 19.4 Å². The van der Waals surface area contributed by atoms with Crippen molar-refractivity contribution >= 4 is 27.3 Å². The Morgan fingerprint density at radius 1 is 1.18 bits per heavy atom. The maximum absolute atomic E-state index is 14.1. The number of benzene rings is 2. The Labute approximate surface area is 197 Å². The van der Waals surface area contributed by atoms with Gasteiger partial charge >= 0.3 is 0 Å². The Morgan fingerprint density at radius 3 is 2.47 bits per heavy atom. The van der Waals surface area contributed by atoms with Crippen LogP contribution in [0, 0.1) is 11.7 Å². The summed E-state index contributed by atoms with van der Waals surface area (Å²) < 4.78 is 43.9. The minimum absolute atomic E-state index is 0.103. The van der Waals surface area contributed by atoms with Crippen molar-refractivity contribution in [2.45, 2.75) is 32.4 Å². The largest absolute Gasteiger partial charge is 0.507 e. The van der Waals surface area contributed by atoms with Crippen LogP contribution in [0.5, 0.6) is 5.75 Å². The zero-order chi connectivity index (χ0) is 24.6. The number of sulfone groups is 1. The Hall–Kier alpha value is -3.20. The van der Waals surface area contributed by atoms with Crippen molar-refractivity contribution in [3.63, 3.8) is 0 Å². The van der Waals surface area contributed by atoms with Crippen molar-refractivity contribution in [2.75, 3.05) is 18.1 Å². The molecule has 0 unspecified atom stereocenters. The quantitative estimate of drug-likeness (QED) is 0.380. The normalized spacial score (nSPS) is 23.6. The fourth-order valence-electron chi connectivity index (χ4n) is 4.35. The lowest BCUT2D eigenvalue weighted by Crippen LogP contribution is -2.40. The first-order valence-corrected chi connectivity index (χ1v) is 12.9. The van der Waals surface area contributed by atoms with E-state index in [1.807, 2.05) is 13.8 Å². The molecule has 2 atom stereocenters. The van der Waals surface area contributed by atoms with E-state index >= 15 is 0 Å². The average Bonchev–Trinajstić information content (AvgIpc) is 3.28. The first-order valence-electron chi connectivity index (χ1n) is 11.1. The molecule has 2 aromatic carbocycles. The molecule has 0 aliphatic carbocycles. The second kappa shape index (κ2) is 9.21. The van der Waals surface area contributed by atoms with Crippen LogP contribution in [0.15, 0.2) is 54.1 Å². The van der Waals surface area contributed by atoms with Gasteiger partial charge in [0, 0.05) is 11.6 Å². The molecule has 2 aromatic rings. The number of carbonyl (C=O) groups excluding carboxylic acids is 2. The molecule has 0 spiro atoms. The van der Waals surface area contributed by atoms with Gasteiger partial charge in [-0.05, 0) is 54.3 Å². The van der Waals surface area contributed by atoms with Gasteiger partial charge in [0.25, 0.3) is 11.7 Å². The molecule has 7 nitrogen and oxygen atoms in total. The molecule has 0 radical (unpaired) electrons. The standard InChI is InChI=1S/C25H26FNO6S/c1-15(2)13-33-20-8-6-16(7-9-20)23(28)21-22(17-4-3-5-18(26)12-17)27(25(30)24(21)29)19-10-11-34(31,32)14-19/h3-9,12,15,19,22,28H,10-11,13-14H2,1-2H3/t19-,22+/m0/s1. The second-order valence-corrected chi connectivity index (χ2v) is 11.3. The predicted octanol–water partition coefficient (Wildman–Crippen LogP) is 3.47. The fourth-order valence-corrected chi connectivity index (χ4v) is 6.06. The number of aliphatic hydroxyl groups is 1. The summed E-state index contributed by atoms with van der Waals surface area (Å²) in [5.41, 5.74) is 0.369. The number of hydrogen-bond donors (Lipinski definition) is 1. The Morgan fingerprint density at radius 2 is 1.88 bits per heavy atom. The smallest absolute Gasteiger partial charge is 0.295 e. The molecule has 9 heteroatoms. The van der Waals surface area contributed by atoms with Gasteiger partial charge in [-0.1, -0.05) is 26.0 Å². The summed E-state index contributed by atoms with van der Waals surface area (Å²) in [4.78, 5) is 27.3. The van der Waals surface area contributed by atoms with Crippen molar-refractivity contribution in [3.05, 3.63) is 71.0 Å². The maximum Gasteiger partial charge on any atom is 0.295 e. The van der Waals surface area contributed by atoms with Gasteiger partial charge in [0.2, 0.25) is 0 Å². The van der Waals surface area contributed by atoms with Crippen molar-refractivity contribution < 1.29 is 32.2 Å². The van der Waals surface area contributed by atoms with E-state index in [0.717, 1.165) is 0 Å². The molecular formula is C25H26FNO6S. The first-order chi connectivity index (χ1) is 16.1. The van der Waals surface area contributed by atoms with Crippen molar-refractivity contribution in [1.29, 1.82) is 0 Å². The van der Waals surface area contributed by atoms with Crippen LogP contribution >= 0.6 is 0 Å². The van der Waals surface area contributed by atoms with Gasteiger partial charge in [-0.2, -0.15) is 0 Å². The van der Waals surface area contributed by atoms with Crippen LogP contribution in [0.2, 0.25) is 0 Å². The molecule has 2 saturated heterocycles. The number of likely N-dealkylation sites (tertiary alicyclic amines) is 1. The van der Waals surface area contributed by atoms with E-state index in [4.69, 9.17) is 4.74 Å². The highest BCUT2D eigenvalue weighted by atomic mass is 32.2. The van der Waals surface area contributed by atoms with Crippen molar-refractivity contribution in [1.82, 2.24) is 4.90 Å². The molecule has 34 heavy (non-hydrogen) atoms. The molecule has 0 bridgehead atoms. The molecule has 2 fully saturated rings. The van der Waals surface area contributed by atoms with Gasteiger partial charge in [-0.3, -0.25) is 9.59 Å². The van der Waals surface area contributed by atoms with Gasteiger partial charge in [0.1, 0.15) is 17.3 Å². The van der Waals surface area contributed by atoms with Gasteiger partial charge in [-0.25, -0.2) is 12.8 Å². The summed E-state index contributed by atoms with van der Waals surface area (Å²) in [6.07, 6.45) is 0.170. The highest BCUT2D eigenvalue weighted by molar-refractivity contribution is 7.91. The van der Waals surface area contributed by atoms with E-state index in [1.54, 1.807) is 30.3 Å². The van der Waals surface area contributed by atoms with Gasteiger partial charge in [0.05, 0.1) is 29.7 Å². The number of aliphatic hydroxyl groups excluding tert-OH is 1. The lowest BCUT2D eigenvalue weighted by molar-refractivity contribution is -0.141. The van der Waals surface area contributed by atoms with Gasteiger partial charge < -0.3 is 14.7 Å². The number of ether oxygens (including phenoxy) is 1. The second-order valence-electron chi connectivity index (χ2n) is 9.05. The monoisotopic (exact) mass is 487 g/mol. The molecule has 2 aliphatic heterocycles. The van der Waals surface area contributed by atoms with Crippen LogP contribution in [-0.4, -0.2) is 54.3 Å². The Balaban J connectivity index is 1.78. The molecule has 4 rings (SSSR count). The molecular weight excluding hydrogens is 461 g/mol. The minimum atomic E-state index is -3.37. The number of rotatable bonds is 6. The highest BCUT2D eigenvalue weighted by Gasteiger charge is 2.51. The molecule has 1 amide bonds. The van der Waals surface area contributed by atoms with Gasteiger partial charge in [-0.15, -0.1) is 0 Å². The molecule has 0 aromatic heterocycles. The molecule has 0 saturated carbocycles. The van der Waals surface area contributed by atoms with Crippen molar-refractivity contribution in [3.8, 4) is 5.75 Å². The lowest BCUT2D eigenvalue weighted by Gasteiger charge is -2.30. The van der Waals surface area contributed by atoms with E-state index in [9.17, 15) is 27.5 Å². The minimum Gasteiger partial charge on any atom is -0.507 e. The third-order valence-corrected chi connectivity index (χ3v) is 7.71. The molecule has 1 N–H and O–H groups in total. The summed E-state index contributed by atoms with van der Waals surface area (Å²) in [6.45, 7) is 4.54. The third kappa shape index (κ3) is 4.70. The van der Waals surface area contributed by atoms with E-state index in [1.165, 1.54) is 23.1 Å². The zero-order valence-corrected chi connectivity index (χ0v) is 19.7. The highest BCUT2D eigenvalue weighted by Crippen LogP contribution is 2.42. The van der Waals surface area contributed by atoms with E-state index in [0.29, 0.717) is 18.3 Å². The van der Waals surface area contributed by atoms with Crippen LogP contribution in [0.3, 0.4) is 0 Å². The number of carbonyl (C=O) groups is 2. The SMILES string of the molecule is CC(C)COc1ccc(C(O)=C2C(=O)C(=O)N([C@H]3CCS(=O)(=O)C3)[C@@H]2c2cccc(F)c2)cc1. The number of nitrogens with zero attached hydrogens (tertiary/aromatic N) is 1. The van der Waals surface area contributed by atoms with E-state index < -0.39 is 45.2 Å². The lowest BCUT2D eigenvalue weighted by atomic mass is 9.94. The topological polar surface area (TPSA) is 101 Å². The predicted molar refractivity (Wildman–Crippen MR) is 124 cm³/mol. The van der Waals surface area contributed by atoms with E-state index in [2.05, 4.69) is 0 Å². The maximum atomic E-state index is 14.1. The van der Waals surface area contributed by atoms with Crippen LogP contribution < -0.4 is 4.74 Å². The van der Waals surface area contributed by atoms with Crippen LogP contribution in [0.25, 0.3) is 5.76 Å². The Bertz CT molecular complexity index is 1250. The summed E-state index contributed by atoms with van der Waals surface area (Å²) in [6, 6.07) is 9.99. The number of ketones is 1. The van der Waals surface area contributed by atoms with Crippen molar-refractivity contribution in [2.24, 2.45) is 5.92 Å². The first kappa shape index (κ1) is 23.9. The number of hydrogen-bond acceptors (Lipinski definition) is 6. The number of halogens is 1. The Kier molecular flexibility index (Phi) is 6.49. The fraction of sp³-hybridized carbons (Fsp3) is 0.360. The summed E-state index contributed by atoms with van der Waals surface area (Å²) >= 11 is 0. The van der Waals surface area contributed by atoms with Crippen LogP contribution in [0.1, 0.15) is 37.4 Å². The molecule has 2 aliphatic rings. The summed E-state index contributed by atoms with van der Waals surface area (Å²) in [7, 11) is -3.37. The third-order valence-electron chi connectivity index (χ3n) is 5.96. The zero-order valence-electron chi connectivity index (χ0n) is 18.9.